The Morgan fingerprint density at radius 2 is 1.96 bits per heavy atom. The minimum atomic E-state index is 0.264. The van der Waals surface area contributed by atoms with Gasteiger partial charge in [0.05, 0.1) is 12.6 Å². The topological polar surface area (TPSA) is 35.6 Å². The van der Waals surface area contributed by atoms with Crippen LogP contribution in [-0.2, 0) is 6.54 Å². The second-order valence-electron chi connectivity index (χ2n) is 5.71. The Morgan fingerprint density at radius 3 is 2.75 bits per heavy atom. The summed E-state index contributed by atoms with van der Waals surface area (Å²) in [5.74, 6) is 0.999. The van der Waals surface area contributed by atoms with E-state index in [2.05, 4.69) is 69.5 Å². The summed E-state index contributed by atoms with van der Waals surface area (Å²) < 4.78 is 4.18. The molecule has 3 aromatic heterocycles. The Morgan fingerprint density at radius 1 is 1.04 bits per heavy atom. The number of hydrogen-bond acceptors (Lipinski definition) is 3. The molecule has 24 heavy (non-hydrogen) atoms. The number of imidazole rings is 1. The third-order valence-electron chi connectivity index (χ3n) is 4.19. The van der Waals surface area contributed by atoms with Gasteiger partial charge in [0.2, 0.25) is 0 Å². The molecule has 120 valence electrons. The van der Waals surface area contributed by atoms with Gasteiger partial charge in [-0.3, -0.25) is 4.68 Å². The molecule has 3 heterocycles. The van der Waals surface area contributed by atoms with E-state index in [-0.39, 0.29) is 6.04 Å². The highest BCUT2D eigenvalue weighted by atomic mass is 32.1. The van der Waals surface area contributed by atoms with E-state index in [0.717, 1.165) is 17.9 Å². The van der Waals surface area contributed by atoms with Gasteiger partial charge in [0.1, 0.15) is 5.82 Å². The fourth-order valence-corrected chi connectivity index (χ4v) is 3.73. The number of rotatable bonds is 5. The molecule has 0 aliphatic rings. The predicted octanol–water partition coefficient (Wildman–Crippen LogP) is 4.47. The number of hydrogen-bond donors (Lipinski definition) is 0. The lowest BCUT2D eigenvalue weighted by Gasteiger charge is -2.17. The van der Waals surface area contributed by atoms with Crippen LogP contribution in [0.2, 0.25) is 0 Å². The van der Waals surface area contributed by atoms with Crippen molar-refractivity contribution in [3.8, 4) is 11.4 Å². The van der Waals surface area contributed by atoms with Crippen molar-refractivity contribution in [2.45, 2.75) is 19.5 Å². The molecule has 4 rings (SSSR count). The maximum atomic E-state index is 4.65. The lowest BCUT2D eigenvalue weighted by atomic mass is 10.1. The molecule has 0 aliphatic heterocycles. The minimum absolute atomic E-state index is 0.264. The summed E-state index contributed by atoms with van der Waals surface area (Å²) in [7, 11) is 0. The molecule has 0 amide bonds. The molecular formula is C19H18N4S. The van der Waals surface area contributed by atoms with Crippen molar-refractivity contribution >= 4 is 11.3 Å². The molecule has 0 unspecified atom stereocenters. The zero-order valence-electron chi connectivity index (χ0n) is 13.4. The van der Waals surface area contributed by atoms with Crippen LogP contribution >= 0.6 is 11.3 Å². The van der Waals surface area contributed by atoms with Crippen LogP contribution < -0.4 is 0 Å². The fraction of sp³-hybridized carbons (Fsp3) is 0.158. The Bertz CT molecular complexity index is 907. The van der Waals surface area contributed by atoms with Gasteiger partial charge >= 0.3 is 0 Å². The van der Waals surface area contributed by atoms with Gasteiger partial charge in [-0.25, -0.2) is 4.98 Å². The normalized spacial score (nSPS) is 12.4. The van der Waals surface area contributed by atoms with Crippen molar-refractivity contribution in [3.05, 3.63) is 83.1 Å². The van der Waals surface area contributed by atoms with Gasteiger partial charge in [0, 0.05) is 35.2 Å². The zero-order valence-corrected chi connectivity index (χ0v) is 14.2. The molecule has 1 aromatic carbocycles. The first kappa shape index (κ1) is 14.9. The highest BCUT2D eigenvalue weighted by molar-refractivity contribution is 7.10. The maximum Gasteiger partial charge on any atom is 0.140 e. The highest BCUT2D eigenvalue weighted by Crippen LogP contribution is 2.29. The van der Waals surface area contributed by atoms with E-state index in [1.165, 1.54) is 10.4 Å². The van der Waals surface area contributed by atoms with E-state index in [4.69, 9.17) is 0 Å². The molecule has 4 aromatic rings. The largest absolute Gasteiger partial charge is 0.323 e. The zero-order chi connectivity index (χ0) is 16.4. The lowest BCUT2D eigenvalue weighted by molar-refractivity contribution is 0.653. The van der Waals surface area contributed by atoms with Gasteiger partial charge in [-0.05, 0) is 30.0 Å². The maximum absolute atomic E-state index is 4.65. The van der Waals surface area contributed by atoms with Crippen LogP contribution in [-0.4, -0.2) is 19.3 Å². The van der Waals surface area contributed by atoms with Crippen molar-refractivity contribution in [1.29, 1.82) is 0 Å². The molecule has 4 nitrogen and oxygen atoms in total. The second kappa shape index (κ2) is 6.45. The van der Waals surface area contributed by atoms with Gasteiger partial charge < -0.3 is 4.57 Å². The third kappa shape index (κ3) is 2.78. The van der Waals surface area contributed by atoms with E-state index in [9.17, 15) is 0 Å². The number of thiophene rings is 1. The molecule has 0 saturated heterocycles. The van der Waals surface area contributed by atoms with E-state index >= 15 is 0 Å². The summed E-state index contributed by atoms with van der Waals surface area (Å²) in [6.07, 6.45) is 7.73. The summed E-state index contributed by atoms with van der Waals surface area (Å²) in [5.41, 5.74) is 2.37. The number of aromatic nitrogens is 4. The van der Waals surface area contributed by atoms with E-state index < -0.39 is 0 Å². The molecular weight excluding hydrogens is 316 g/mol. The molecule has 1 atom stereocenters. The van der Waals surface area contributed by atoms with Gasteiger partial charge in [0.25, 0.3) is 0 Å². The smallest absolute Gasteiger partial charge is 0.140 e. The van der Waals surface area contributed by atoms with E-state index in [1.54, 1.807) is 11.3 Å². The van der Waals surface area contributed by atoms with Crippen molar-refractivity contribution in [2.24, 2.45) is 0 Å². The summed E-state index contributed by atoms with van der Waals surface area (Å²) in [4.78, 5) is 5.98. The number of nitrogens with zero attached hydrogens (tertiary/aromatic N) is 4. The average molecular weight is 334 g/mol. The van der Waals surface area contributed by atoms with Crippen LogP contribution in [0, 0.1) is 0 Å². The van der Waals surface area contributed by atoms with E-state index in [1.807, 2.05) is 29.3 Å². The standard InChI is InChI=1S/C19H18N4S/c1-15(18-8-4-13-24-18)23-12-10-20-19(23)17-7-3-2-6-16(17)14-22-11-5-9-21-22/h2-13,15H,14H2,1H3/t15-/m1/s1. The van der Waals surface area contributed by atoms with Crippen LogP contribution in [0.5, 0.6) is 0 Å². The fourth-order valence-electron chi connectivity index (χ4n) is 2.95. The quantitative estimate of drug-likeness (QED) is 0.540. The minimum Gasteiger partial charge on any atom is -0.323 e. The average Bonchev–Trinajstić information content (AvgIpc) is 3.36. The number of benzene rings is 1. The highest BCUT2D eigenvalue weighted by Gasteiger charge is 2.16. The molecule has 0 N–H and O–H groups in total. The molecule has 0 aliphatic carbocycles. The van der Waals surface area contributed by atoms with Crippen LogP contribution in [0.3, 0.4) is 0 Å². The summed E-state index contributed by atoms with van der Waals surface area (Å²) in [6, 6.07) is 14.9. The molecule has 0 spiro atoms. The summed E-state index contributed by atoms with van der Waals surface area (Å²) in [6.45, 7) is 2.95. The Kier molecular flexibility index (Phi) is 4.01. The van der Waals surface area contributed by atoms with Gasteiger partial charge in [-0.2, -0.15) is 5.10 Å². The SMILES string of the molecule is C[C@H](c1cccs1)n1ccnc1-c1ccccc1Cn1cccn1. The Balaban J connectivity index is 1.74. The van der Waals surface area contributed by atoms with Crippen molar-refractivity contribution < 1.29 is 0 Å². The van der Waals surface area contributed by atoms with Gasteiger partial charge in [0.15, 0.2) is 0 Å². The molecule has 0 radical (unpaired) electrons. The van der Waals surface area contributed by atoms with Gasteiger partial charge in [-0.15, -0.1) is 11.3 Å². The Labute approximate surface area is 145 Å². The molecule has 0 bridgehead atoms. The van der Waals surface area contributed by atoms with E-state index in [0.29, 0.717) is 0 Å². The summed E-state index contributed by atoms with van der Waals surface area (Å²) >= 11 is 1.78. The Hall–Kier alpha value is -2.66. The monoisotopic (exact) mass is 334 g/mol. The first-order valence-electron chi connectivity index (χ1n) is 7.95. The van der Waals surface area contributed by atoms with Crippen molar-refractivity contribution in [2.75, 3.05) is 0 Å². The first-order valence-corrected chi connectivity index (χ1v) is 8.83. The van der Waals surface area contributed by atoms with Gasteiger partial charge in [-0.1, -0.05) is 30.3 Å². The summed E-state index contributed by atoms with van der Waals surface area (Å²) in [5, 5.41) is 6.44. The molecule has 0 fully saturated rings. The van der Waals surface area contributed by atoms with Crippen molar-refractivity contribution in [3.63, 3.8) is 0 Å². The van der Waals surface area contributed by atoms with Crippen LogP contribution in [0.1, 0.15) is 23.4 Å². The first-order chi connectivity index (χ1) is 11.8. The van der Waals surface area contributed by atoms with Crippen LogP contribution in [0.15, 0.2) is 72.6 Å². The van der Waals surface area contributed by atoms with Crippen LogP contribution in [0.25, 0.3) is 11.4 Å². The second-order valence-corrected chi connectivity index (χ2v) is 6.69. The van der Waals surface area contributed by atoms with Crippen LogP contribution in [0.4, 0.5) is 0 Å². The molecule has 5 heteroatoms. The predicted molar refractivity (Wildman–Crippen MR) is 97.1 cm³/mol. The molecule has 0 saturated carbocycles. The third-order valence-corrected chi connectivity index (χ3v) is 5.23. The van der Waals surface area contributed by atoms with Crippen molar-refractivity contribution in [1.82, 2.24) is 19.3 Å². The lowest BCUT2D eigenvalue weighted by Crippen LogP contribution is -2.08.